The zero-order chi connectivity index (χ0) is 45.6. The molecule has 14 heteroatoms. The van der Waals surface area contributed by atoms with Gasteiger partial charge in [0.15, 0.2) is 11.6 Å². The van der Waals surface area contributed by atoms with Crippen LogP contribution in [0.2, 0.25) is 0 Å². The summed E-state index contributed by atoms with van der Waals surface area (Å²) >= 11 is 0. The van der Waals surface area contributed by atoms with E-state index in [-0.39, 0.29) is 11.8 Å². The summed E-state index contributed by atoms with van der Waals surface area (Å²) in [5, 5.41) is 9.47. The number of aromatic nitrogens is 10. The fraction of sp³-hybridized carbons (Fsp3) is 0.269. The first kappa shape index (κ1) is 43.5. The summed E-state index contributed by atoms with van der Waals surface area (Å²) in [4.78, 5) is 18.3. The normalized spacial score (nSPS) is 15.5. The molecule has 0 bridgehead atoms. The minimum atomic E-state index is 0.248. The van der Waals surface area contributed by atoms with Gasteiger partial charge in [-0.3, -0.25) is 0 Å². The molecule has 2 aliphatic rings. The summed E-state index contributed by atoms with van der Waals surface area (Å²) in [6.45, 7) is 5.73. The van der Waals surface area contributed by atoms with Gasteiger partial charge in [-0.1, -0.05) is 48.6 Å². The molecule has 0 N–H and O–H groups in total. The molecule has 2 atom stereocenters. The molecule has 10 rings (SSSR count). The van der Waals surface area contributed by atoms with Crippen molar-refractivity contribution < 1.29 is 18.9 Å². The Morgan fingerprint density at radius 2 is 0.939 bits per heavy atom. The van der Waals surface area contributed by atoms with Crippen LogP contribution in [0.3, 0.4) is 0 Å². The van der Waals surface area contributed by atoms with E-state index in [1.165, 1.54) is 11.1 Å². The van der Waals surface area contributed by atoms with E-state index < -0.39 is 0 Å². The summed E-state index contributed by atoms with van der Waals surface area (Å²) in [6.07, 6.45) is 19.8. The molecule has 0 saturated carbocycles. The number of imidazole rings is 2. The van der Waals surface area contributed by atoms with Crippen molar-refractivity contribution in [2.45, 2.75) is 64.5 Å². The molecule has 6 heterocycles. The lowest BCUT2D eigenvalue weighted by Gasteiger charge is -2.22. The van der Waals surface area contributed by atoms with Gasteiger partial charge in [-0.15, -0.1) is 0 Å². The van der Waals surface area contributed by atoms with Gasteiger partial charge >= 0.3 is 0 Å². The average Bonchev–Trinajstić information content (AvgIpc) is 4.19. The highest BCUT2D eigenvalue weighted by Crippen LogP contribution is 2.35. The summed E-state index contributed by atoms with van der Waals surface area (Å²) in [6, 6.07) is 28.7. The van der Waals surface area contributed by atoms with E-state index >= 15 is 0 Å². The SMILES string of the molecule is COc1ccc([C@@H]2CCCn3nc(/C=C/c4ccc(-n5cnc(C)c5)c(OC)c4)nc32)cc1.COc1ccc([C@H]2CCCn3nc(/C=C/c4ccc(-n5cnc(C)c5)c(OC)c4)nc32)cc1. The van der Waals surface area contributed by atoms with Gasteiger partial charge < -0.3 is 28.1 Å². The molecule has 2 aliphatic heterocycles. The Hall–Kier alpha value is -7.74. The Balaban J connectivity index is 0.000000166. The maximum Gasteiger partial charge on any atom is 0.174 e. The molecule has 66 heavy (non-hydrogen) atoms. The van der Waals surface area contributed by atoms with Crippen LogP contribution < -0.4 is 18.9 Å². The van der Waals surface area contributed by atoms with Crippen molar-refractivity contribution in [3.8, 4) is 34.4 Å². The number of rotatable bonds is 12. The van der Waals surface area contributed by atoms with Crippen LogP contribution in [0.25, 0.3) is 35.7 Å². The third-order valence-corrected chi connectivity index (χ3v) is 12.1. The molecule has 0 unspecified atom stereocenters. The second kappa shape index (κ2) is 19.6. The number of methoxy groups -OCH3 is 4. The van der Waals surface area contributed by atoms with E-state index in [1.54, 1.807) is 41.1 Å². The van der Waals surface area contributed by atoms with E-state index in [0.29, 0.717) is 0 Å². The standard InChI is InChI=1S/2C26H27N5O2/c2*1-18-16-30(17-27-18)23-12-6-19(15-24(23)33-3)7-13-25-28-26-22(5-4-14-31(26)29-25)20-8-10-21(32-2)11-9-20/h2*6-13,15-17,22H,4-5,14H2,1-3H3/b2*13-7+/t2*22-/m10/s1. The van der Waals surface area contributed by atoms with Crippen LogP contribution in [0.1, 0.15) is 94.5 Å². The molecule has 4 aromatic carbocycles. The van der Waals surface area contributed by atoms with Gasteiger partial charge in [-0.2, -0.15) is 10.2 Å². The molecule has 336 valence electrons. The predicted octanol–water partition coefficient (Wildman–Crippen LogP) is 9.77. The largest absolute Gasteiger partial charge is 0.497 e. The molecule has 4 aromatic heterocycles. The van der Waals surface area contributed by atoms with Crippen molar-refractivity contribution in [3.05, 3.63) is 167 Å². The Morgan fingerprint density at radius 1 is 0.515 bits per heavy atom. The van der Waals surface area contributed by atoms with E-state index in [4.69, 9.17) is 39.1 Å². The Bertz CT molecular complexity index is 2770. The zero-order valence-corrected chi connectivity index (χ0v) is 38.2. The summed E-state index contributed by atoms with van der Waals surface area (Å²) in [5.41, 5.74) is 8.36. The maximum atomic E-state index is 5.62. The van der Waals surface area contributed by atoms with Crippen molar-refractivity contribution in [1.29, 1.82) is 0 Å². The van der Waals surface area contributed by atoms with Crippen LogP contribution in [-0.2, 0) is 13.1 Å². The lowest BCUT2D eigenvalue weighted by atomic mass is 9.91. The van der Waals surface area contributed by atoms with Gasteiger partial charge in [0.05, 0.1) is 63.9 Å². The predicted molar refractivity (Wildman–Crippen MR) is 256 cm³/mol. The van der Waals surface area contributed by atoms with Crippen molar-refractivity contribution >= 4 is 24.3 Å². The molecular formula is C52H54N10O4. The van der Waals surface area contributed by atoms with Crippen LogP contribution in [-0.4, -0.2) is 77.1 Å². The molecule has 0 radical (unpaired) electrons. The van der Waals surface area contributed by atoms with Crippen molar-refractivity contribution in [2.75, 3.05) is 28.4 Å². The lowest BCUT2D eigenvalue weighted by molar-refractivity contribution is 0.412. The second-order valence-corrected chi connectivity index (χ2v) is 16.4. The molecule has 8 aromatic rings. The molecule has 0 aliphatic carbocycles. The fourth-order valence-electron chi connectivity index (χ4n) is 8.65. The highest BCUT2D eigenvalue weighted by molar-refractivity contribution is 5.70. The highest BCUT2D eigenvalue weighted by atomic mass is 16.5. The third kappa shape index (κ3) is 9.53. The number of fused-ring (bicyclic) bond motifs is 2. The first-order valence-corrected chi connectivity index (χ1v) is 22.2. The highest BCUT2D eigenvalue weighted by Gasteiger charge is 2.27. The van der Waals surface area contributed by atoms with Gasteiger partial charge in [0.2, 0.25) is 0 Å². The van der Waals surface area contributed by atoms with Gasteiger partial charge in [0.25, 0.3) is 0 Å². The monoisotopic (exact) mass is 882 g/mol. The van der Waals surface area contributed by atoms with E-state index in [1.807, 2.05) is 118 Å². The van der Waals surface area contributed by atoms with Crippen LogP contribution in [0.5, 0.6) is 23.0 Å². The van der Waals surface area contributed by atoms with E-state index in [9.17, 15) is 0 Å². The van der Waals surface area contributed by atoms with Crippen molar-refractivity contribution in [2.24, 2.45) is 0 Å². The van der Waals surface area contributed by atoms with Crippen LogP contribution in [0, 0.1) is 13.8 Å². The Labute approximate surface area is 384 Å². The fourth-order valence-corrected chi connectivity index (χ4v) is 8.65. The van der Waals surface area contributed by atoms with E-state index in [0.717, 1.165) is 119 Å². The zero-order valence-electron chi connectivity index (χ0n) is 38.2. The first-order chi connectivity index (χ1) is 32.3. The number of ether oxygens (including phenoxy) is 4. The Morgan fingerprint density at radius 3 is 1.30 bits per heavy atom. The topological polar surface area (TPSA) is 134 Å². The molecule has 0 saturated heterocycles. The van der Waals surface area contributed by atoms with Crippen LogP contribution in [0.4, 0.5) is 0 Å². The number of hydrogen-bond acceptors (Lipinski definition) is 10. The molecular weight excluding hydrogens is 829 g/mol. The van der Waals surface area contributed by atoms with Crippen molar-refractivity contribution in [1.82, 2.24) is 48.6 Å². The first-order valence-electron chi connectivity index (χ1n) is 22.2. The van der Waals surface area contributed by atoms with Gasteiger partial charge in [0, 0.05) is 37.3 Å². The summed E-state index contributed by atoms with van der Waals surface area (Å²) in [5.74, 6) is 7.28. The van der Waals surface area contributed by atoms with Crippen LogP contribution in [0.15, 0.2) is 110 Å². The van der Waals surface area contributed by atoms with E-state index in [2.05, 4.69) is 46.4 Å². The average molecular weight is 883 g/mol. The smallest absolute Gasteiger partial charge is 0.174 e. The van der Waals surface area contributed by atoms with Gasteiger partial charge in [-0.05, 0) is 122 Å². The number of hydrogen-bond donors (Lipinski definition) is 0. The van der Waals surface area contributed by atoms with Gasteiger partial charge in [-0.25, -0.2) is 29.3 Å². The summed E-state index contributed by atoms with van der Waals surface area (Å²) in [7, 11) is 6.74. The number of aryl methyl sites for hydroxylation is 4. The van der Waals surface area contributed by atoms with Crippen LogP contribution >= 0.6 is 0 Å². The van der Waals surface area contributed by atoms with Gasteiger partial charge in [0.1, 0.15) is 34.6 Å². The number of benzene rings is 4. The Kier molecular flexibility index (Phi) is 12.9. The molecule has 0 amide bonds. The quantitative estimate of drug-likeness (QED) is 0.117. The lowest BCUT2D eigenvalue weighted by Crippen LogP contribution is -2.17. The molecule has 0 spiro atoms. The minimum Gasteiger partial charge on any atom is -0.497 e. The second-order valence-electron chi connectivity index (χ2n) is 16.4. The minimum absolute atomic E-state index is 0.248. The van der Waals surface area contributed by atoms with Crippen molar-refractivity contribution in [3.63, 3.8) is 0 Å². The third-order valence-electron chi connectivity index (χ3n) is 12.1. The summed E-state index contributed by atoms with van der Waals surface area (Å²) < 4.78 is 29.9. The molecule has 0 fully saturated rings. The maximum absolute atomic E-state index is 5.62. The molecule has 14 nitrogen and oxygen atoms in total. The number of nitrogens with zero attached hydrogens (tertiary/aromatic N) is 10.